The molecule has 5 nitrogen and oxygen atoms in total. The molecule has 0 fully saturated rings. The predicted molar refractivity (Wildman–Crippen MR) is 121 cm³/mol. The molecule has 0 spiro atoms. The van der Waals surface area contributed by atoms with Crippen LogP contribution in [0.2, 0.25) is 0 Å². The molecule has 0 radical (unpaired) electrons. The summed E-state index contributed by atoms with van der Waals surface area (Å²) in [6.45, 7) is 6.17. The van der Waals surface area contributed by atoms with Crippen LogP contribution in [0.5, 0.6) is 5.75 Å². The van der Waals surface area contributed by atoms with E-state index in [1.165, 1.54) is 18.1 Å². The van der Waals surface area contributed by atoms with Crippen molar-refractivity contribution in [1.29, 1.82) is 0 Å². The van der Waals surface area contributed by atoms with Crippen LogP contribution < -0.4 is 10.1 Å². The summed E-state index contributed by atoms with van der Waals surface area (Å²) in [4.78, 5) is 12.4. The second-order valence-electron chi connectivity index (χ2n) is 5.88. The summed E-state index contributed by atoms with van der Waals surface area (Å²) in [5.74, 6) is 0.707. The number of aromatic nitrogens is 1. The molecular formula is C19H28FIN4OS. The molecule has 0 aliphatic rings. The highest BCUT2D eigenvalue weighted by Crippen LogP contribution is 2.18. The third kappa shape index (κ3) is 7.25. The first-order valence-corrected chi connectivity index (χ1v) is 9.64. The highest BCUT2D eigenvalue weighted by molar-refractivity contribution is 14.0. The van der Waals surface area contributed by atoms with Crippen molar-refractivity contribution in [3.8, 4) is 5.75 Å². The van der Waals surface area contributed by atoms with Crippen LogP contribution in [0.3, 0.4) is 0 Å². The summed E-state index contributed by atoms with van der Waals surface area (Å²) in [7, 11) is 3.41. The van der Waals surface area contributed by atoms with E-state index in [1.807, 2.05) is 31.1 Å². The van der Waals surface area contributed by atoms with Gasteiger partial charge in [-0.3, -0.25) is 4.99 Å². The lowest BCUT2D eigenvalue weighted by molar-refractivity contribution is 0.385. The minimum absolute atomic E-state index is 0. The Morgan fingerprint density at radius 1 is 1.37 bits per heavy atom. The Morgan fingerprint density at radius 2 is 2.15 bits per heavy atom. The summed E-state index contributed by atoms with van der Waals surface area (Å²) in [5, 5.41) is 4.40. The number of aliphatic imine (C=N–C) groups is 1. The third-order valence-electron chi connectivity index (χ3n) is 3.87. The van der Waals surface area contributed by atoms with E-state index in [-0.39, 0.29) is 35.5 Å². The molecule has 0 saturated carbocycles. The molecule has 0 unspecified atom stereocenters. The lowest BCUT2D eigenvalue weighted by Crippen LogP contribution is -2.38. The molecule has 1 aromatic heterocycles. The average Bonchev–Trinajstić information content (AvgIpc) is 3.09. The Morgan fingerprint density at radius 3 is 2.74 bits per heavy atom. The normalized spacial score (nSPS) is 11.1. The van der Waals surface area contributed by atoms with E-state index in [0.717, 1.165) is 35.9 Å². The molecule has 0 atom stereocenters. The first-order chi connectivity index (χ1) is 12.6. The number of halogens is 2. The first kappa shape index (κ1) is 23.6. The standard InChI is InChI=1S/C19H27FN4OS.HI/c1-5-15-12-23-18(26-15)9-10-22-19(21-6-2)24(3)13-14-7-8-17(25-4)16(20)11-14;/h7-8,11-12H,5-6,9-10,13H2,1-4H3,(H,21,22);1H. The summed E-state index contributed by atoms with van der Waals surface area (Å²) < 4.78 is 18.8. The molecule has 0 saturated heterocycles. The number of methoxy groups -OCH3 is 1. The molecule has 2 rings (SSSR count). The maximum absolute atomic E-state index is 13.9. The molecule has 0 amide bonds. The van der Waals surface area contributed by atoms with Gasteiger partial charge in [0.05, 0.1) is 12.1 Å². The highest BCUT2D eigenvalue weighted by atomic mass is 127. The Bertz CT molecular complexity index is 738. The van der Waals surface area contributed by atoms with Crippen LogP contribution >= 0.6 is 35.3 Å². The van der Waals surface area contributed by atoms with Crippen LogP contribution in [0, 0.1) is 5.82 Å². The molecule has 27 heavy (non-hydrogen) atoms. The van der Waals surface area contributed by atoms with Gasteiger partial charge in [0.2, 0.25) is 0 Å². The number of nitrogens with one attached hydrogen (secondary N) is 1. The fourth-order valence-corrected chi connectivity index (χ4v) is 3.36. The second-order valence-corrected chi connectivity index (χ2v) is 7.08. The van der Waals surface area contributed by atoms with Crippen molar-refractivity contribution in [2.24, 2.45) is 4.99 Å². The van der Waals surface area contributed by atoms with Crippen molar-refractivity contribution >= 4 is 41.3 Å². The molecule has 8 heteroatoms. The second kappa shape index (κ2) is 12.1. The Balaban J connectivity index is 0.00000364. The molecule has 1 aromatic carbocycles. The maximum Gasteiger partial charge on any atom is 0.193 e. The third-order valence-corrected chi connectivity index (χ3v) is 5.07. The maximum atomic E-state index is 13.9. The van der Waals surface area contributed by atoms with E-state index >= 15 is 0 Å². The van der Waals surface area contributed by atoms with E-state index in [0.29, 0.717) is 13.1 Å². The average molecular weight is 506 g/mol. The molecular weight excluding hydrogens is 478 g/mol. The molecule has 2 aromatic rings. The van der Waals surface area contributed by atoms with Gasteiger partial charge in [0, 0.05) is 44.2 Å². The van der Waals surface area contributed by atoms with E-state index in [9.17, 15) is 4.39 Å². The molecule has 0 aliphatic heterocycles. The summed E-state index contributed by atoms with van der Waals surface area (Å²) in [6.07, 6.45) is 3.79. The number of benzene rings is 1. The molecule has 150 valence electrons. The van der Waals surface area contributed by atoms with Gasteiger partial charge >= 0.3 is 0 Å². The zero-order chi connectivity index (χ0) is 18.9. The largest absolute Gasteiger partial charge is 0.494 e. The number of aryl methyl sites for hydroxylation is 1. The van der Waals surface area contributed by atoms with Crippen LogP contribution in [0.1, 0.15) is 29.3 Å². The fraction of sp³-hybridized carbons (Fsp3) is 0.474. The van der Waals surface area contributed by atoms with Gasteiger partial charge in [-0.15, -0.1) is 35.3 Å². The fourth-order valence-electron chi connectivity index (χ4n) is 2.51. The van der Waals surface area contributed by atoms with Crippen LogP contribution in [0.4, 0.5) is 4.39 Å². The quantitative estimate of drug-likeness (QED) is 0.333. The van der Waals surface area contributed by atoms with Gasteiger partial charge in [-0.2, -0.15) is 0 Å². The Hall–Kier alpha value is -1.42. The molecule has 1 N–H and O–H groups in total. The SMILES string of the molecule is CCNC(=NCCc1ncc(CC)s1)N(C)Cc1ccc(OC)c(F)c1.I. The summed E-state index contributed by atoms with van der Waals surface area (Å²) in [5.41, 5.74) is 0.865. The van der Waals surface area contributed by atoms with Gasteiger partial charge in [0.15, 0.2) is 17.5 Å². The van der Waals surface area contributed by atoms with Crippen molar-refractivity contribution in [1.82, 2.24) is 15.2 Å². The van der Waals surface area contributed by atoms with E-state index in [4.69, 9.17) is 4.74 Å². The van der Waals surface area contributed by atoms with Crippen LogP contribution in [0.25, 0.3) is 0 Å². The van der Waals surface area contributed by atoms with Crippen molar-refractivity contribution in [2.45, 2.75) is 33.2 Å². The predicted octanol–water partition coefficient (Wildman–Crippen LogP) is 4.11. The minimum atomic E-state index is -0.351. The Labute approximate surface area is 182 Å². The molecule has 0 bridgehead atoms. The Kier molecular flexibility index (Phi) is 10.6. The topological polar surface area (TPSA) is 49.8 Å². The van der Waals surface area contributed by atoms with Crippen molar-refractivity contribution < 1.29 is 9.13 Å². The van der Waals surface area contributed by atoms with Crippen LogP contribution in [-0.2, 0) is 19.4 Å². The number of thiazole rings is 1. The van der Waals surface area contributed by atoms with Crippen LogP contribution in [0.15, 0.2) is 29.4 Å². The number of ether oxygens (including phenoxy) is 1. The molecule has 1 heterocycles. The smallest absolute Gasteiger partial charge is 0.193 e. The van der Waals surface area contributed by atoms with Crippen molar-refractivity contribution in [2.75, 3.05) is 27.2 Å². The van der Waals surface area contributed by atoms with Gasteiger partial charge < -0.3 is 15.0 Å². The number of nitrogens with zero attached hydrogens (tertiary/aromatic N) is 3. The zero-order valence-corrected chi connectivity index (χ0v) is 19.4. The number of guanidine groups is 1. The lowest BCUT2D eigenvalue weighted by Gasteiger charge is -2.22. The van der Waals surface area contributed by atoms with Gasteiger partial charge in [-0.1, -0.05) is 13.0 Å². The highest BCUT2D eigenvalue weighted by Gasteiger charge is 2.09. The van der Waals surface area contributed by atoms with E-state index < -0.39 is 0 Å². The summed E-state index contributed by atoms with van der Waals surface area (Å²) in [6, 6.07) is 5.01. The van der Waals surface area contributed by atoms with Crippen molar-refractivity contribution in [3.05, 3.63) is 45.7 Å². The first-order valence-electron chi connectivity index (χ1n) is 8.82. The minimum Gasteiger partial charge on any atom is -0.494 e. The van der Waals surface area contributed by atoms with Gasteiger partial charge in [-0.05, 0) is 31.0 Å². The number of hydrogen-bond donors (Lipinski definition) is 1. The molecule has 0 aliphatic carbocycles. The monoisotopic (exact) mass is 506 g/mol. The van der Waals surface area contributed by atoms with Crippen molar-refractivity contribution in [3.63, 3.8) is 0 Å². The van der Waals surface area contributed by atoms with Gasteiger partial charge in [0.1, 0.15) is 0 Å². The number of rotatable bonds is 8. The van der Waals surface area contributed by atoms with Crippen LogP contribution in [-0.4, -0.2) is 43.1 Å². The van der Waals surface area contributed by atoms with E-state index in [2.05, 4.69) is 22.2 Å². The lowest BCUT2D eigenvalue weighted by atomic mass is 10.2. The van der Waals surface area contributed by atoms with Gasteiger partial charge in [-0.25, -0.2) is 9.37 Å². The van der Waals surface area contributed by atoms with E-state index in [1.54, 1.807) is 17.4 Å². The van der Waals surface area contributed by atoms with Gasteiger partial charge in [0.25, 0.3) is 0 Å². The zero-order valence-electron chi connectivity index (χ0n) is 16.3. The summed E-state index contributed by atoms with van der Waals surface area (Å²) >= 11 is 1.75. The number of hydrogen-bond acceptors (Lipinski definition) is 4.